The van der Waals surface area contributed by atoms with Crippen molar-refractivity contribution in [2.75, 3.05) is 6.54 Å². The zero-order chi connectivity index (χ0) is 13.8. The van der Waals surface area contributed by atoms with E-state index >= 15 is 0 Å². The van der Waals surface area contributed by atoms with Crippen molar-refractivity contribution >= 4 is 21.4 Å². The molecule has 0 bridgehead atoms. The second kappa shape index (κ2) is 5.96. The molecular formula is C11H13N3O2S2. The van der Waals surface area contributed by atoms with E-state index in [4.69, 9.17) is 10.5 Å². The smallest absolute Gasteiger partial charge is 0.206 e. The number of sulfonamides is 1. The number of hydrogen-bond acceptors (Lipinski definition) is 5. The van der Waals surface area contributed by atoms with Gasteiger partial charge in [-0.25, -0.2) is 8.42 Å². The molecule has 0 unspecified atom stereocenters. The highest BCUT2D eigenvalue weighted by atomic mass is 32.2. The lowest BCUT2D eigenvalue weighted by Crippen LogP contribution is -2.37. The molecule has 0 aromatic carbocycles. The first-order valence-corrected chi connectivity index (χ1v) is 7.58. The monoisotopic (exact) mass is 283 g/mol. The van der Waals surface area contributed by atoms with Crippen molar-refractivity contribution in [2.45, 2.75) is 30.5 Å². The fourth-order valence-electron chi connectivity index (χ4n) is 1.45. The Morgan fingerprint density at radius 2 is 2.06 bits per heavy atom. The van der Waals surface area contributed by atoms with Crippen molar-refractivity contribution in [1.29, 1.82) is 10.5 Å². The Balaban J connectivity index is 3.10. The summed E-state index contributed by atoms with van der Waals surface area (Å²) in [5.41, 5.74) is 0. The second-order valence-corrected chi connectivity index (χ2v) is 7.05. The lowest BCUT2D eigenvalue weighted by Gasteiger charge is -2.23. The van der Waals surface area contributed by atoms with Gasteiger partial charge in [0, 0.05) is 19.0 Å². The highest BCUT2D eigenvalue weighted by molar-refractivity contribution is 7.91. The molecule has 1 rings (SSSR count). The van der Waals surface area contributed by atoms with E-state index in [9.17, 15) is 8.42 Å². The van der Waals surface area contributed by atoms with E-state index in [0.717, 1.165) is 11.3 Å². The van der Waals surface area contributed by atoms with Gasteiger partial charge in [0.05, 0.1) is 6.07 Å². The fourth-order valence-corrected chi connectivity index (χ4v) is 4.32. The Labute approximate surface area is 111 Å². The molecule has 0 amide bonds. The average molecular weight is 283 g/mol. The minimum absolute atomic E-state index is 0.144. The molecule has 7 heteroatoms. The summed E-state index contributed by atoms with van der Waals surface area (Å²) in [5, 5.41) is 17.3. The van der Waals surface area contributed by atoms with E-state index in [1.165, 1.54) is 16.4 Å². The van der Waals surface area contributed by atoms with Crippen LogP contribution >= 0.6 is 11.3 Å². The largest absolute Gasteiger partial charge is 0.252 e. The summed E-state index contributed by atoms with van der Waals surface area (Å²) >= 11 is 0.945. The van der Waals surface area contributed by atoms with Gasteiger partial charge in [0.1, 0.15) is 15.2 Å². The second-order valence-electron chi connectivity index (χ2n) is 3.85. The maximum Gasteiger partial charge on any atom is 0.252 e. The van der Waals surface area contributed by atoms with E-state index in [1.54, 1.807) is 13.8 Å². The molecule has 0 fully saturated rings. The van der Waals surface area contributed by atoms with Crippen LogP contribution in [0.25, 0.3) is 0 Å². The van der Waals surface area contributed by atoms with E-state index in [0.29, 0.717) is 4.88 Å². The zero-order valence-electron chi connectivity index (χ0n) is 10.1. The van der Waals surface area contributed by atoms with Crippen LogP contribution in [0.5, 0.6) is 0 Å². The van der Waals surface area contributed by atoms with Crippen molar-refractivity contribution in [2.24, 2.45) is 0 Å². The van der Waals surface area contributed by atoms with Crippen LogP contribution in [-0.2, 0) is 10.0 Å². The van der Waals surface area contributed by atoms with Crippen LogP contribution in [0.4, 0.5) is 0 Å². The summed E-state index contributed by atoms with van der Waals surface area (Å²) in [5.74, 6) is 0. The first-order chi connectivity index (χ1) is 8.43. The molecule has 0 saturated heterocycles. The molecular weight excluding hydrogens is 270 g/mol. The van der Waals surface area contributed by atoms with Gasteiger partial charge in [-0.3, -0.25) is 0 Å². The van der Waals surface area contributed by atoms with Crippen LogP contribution in [0.3, 0.4) is 0 Å². The van der Waals surface area contributed by atoms with Crippen molar-refractivity contribution < 1.29 is 8.42 Å². The predicted molar refractivity (Wildman–Crippen MR) is 68.3 cm³/mol. The van der Waals surface area contributed by atoms with Gasteiger partial charge in [-0.15, -0.1) is 11.3 Å². The van der Waals surface area contributed by atoms with Gasteiger partial charge >= 0.3 is 0 Å². The number of rotatable bonds is 5. The van der Waals surface area contributed by atoms with E-state index < -0.39 is 10.0 Å². The predicted octanol–water partition coefficient (Wildman–Crippen LogP) is 1.93. The molecule has 0 N–H and O–H groups in total. The van der Waals surface area contributed by atoms with Crippen LogP contribution in [-0.4, -0.2) is 25.3 Å². The molecule has 1 heterocycles. The van der Waals surface area contributed by atoms with Crippen LogP contribution in [0.15, 0.2) is 16.3 Å². The summed E-state index contributed by atoms with van der Waals surface area (Å²) in [7, 11) is -3.61. The minimum atomic E-state index is -3.61. The zero-order valence-corrected chi connectivity index (χ0v) is 11.8. The molecule has 1 aromatic heterocycles. The molecule has 0 aliphatic rings. The molecule has 1 aromatic rings. The molecule has 0 aliphatic heterocycles. The van der Waals surface area contributed by atoms with Crippen LogP contribution in [0, 0.1) is 22.7 Å². The Morgan fingerprint density at radius 3 is 2.50 bits per heavy atom. The van der Waals surface area contributed by atoms with Crippen LogP contribution < -0.4 is 0 Å². The normalized spacial score (nSPS) is 11.4. The lowest BCUT2D eigenvalue weighted by atomic mass is 10.3. The molecule has 0 radical (unpaired) electrons. The summed E-state index contributed by atoms with van der Waals surface area (Å²) in [6, 6.07) is 6.54. The molecule has 96 valence electrons. The first kappa shape index (κ1) is 14.7. The van der Waals surface area contributed by atoms with E-state index in [2.05, 4.69) is 0 Å². The molecule has 0 aliphatic carbocycles. The third kappa shape index (κ3) is 3.08. The van der Waals surface area contributed by atoms with E-state index in [1.807, 2.05) is 12.1 Å². The van der Waals surface area contributed by atoms with Crippen molar-refractivity contribution in [1.82, 2.24) is 4.31 Å². The Bertz CT molecular complexity index is 591. The summed E-state index contributed by atoms with van der Waals surface area (Å²) in [6.07, 6.45) is 0.147. The maximum absolute atomic E-state index is 12.3. The van der Waals surface area contributed by atoms with E-state index in [-0.39, 0.29) is 23.2 Å². The molecule has 0 spiro atoms. The standard InChI is InChI=1S/C11H13N3O2S2/c1-9(2)14(7-3-6-12)18(15,16)11-5-4-10(8-13)17-11/h4-5,9H,3,7H2,1-2H3. The van der Waals surface area contributed by atoms with Gasteiger partial charge in [-0.1, -0.05) is 0 Å². The summed E-state index contributed by atoms with van der Waals surface area (Å²) in [6.45, 7) is 3.68. The van der Waals surface area contributed by atoms with Gasteiger partial charge in [0.2, 0.25) is 0 Å². The van der Waals surface area contributed by atoms with Crippen molar-refractivity contribution in [3.8, 4) is 12.1 Å². The highest BCUT2D eigenvalue weighted by Crippen LogP contribution is 2.25. The van der Waals surface area contributed by atoms with Crippen molar-refractivity contribution in [3.63, 3.8) is 0 Å². The first-order valence-electron chi connectivity index (χ1n) is 5.32. The number of hydrogen-bond donors (Lipinski definition) is 0. The molecule has 18 heavy (non-hydrogen) atoms. The van der Waals surface area contributed by atoms with Gasteiger partial charge in [-0.2, -0.15) is 14.8 Å². The maximum atomic E-state index is 12.3. The Kier molecular flexibility index (Phi) is 4.85. The number of nitriles is 2. The molecule has 0 saturated carbocycles. The third-order valence-corrected chi connectivity index (χ3v) is 5.81. The minimum Gasteiger partial charge on any atom is -0.206 e. The van der Waals surface area contributed by atoms with Gasteiger partial charge in [0.25, 0.3) is 10.0 Å². The fraction of sp³-hybridized carbons (Fsp3) is 0.455. The quantitative estimate of drug-likeness (QED) is 0.826. The van der Waals surface area contributed by atoms with Gasteiger partial charge in [-0.05, 0) is 26.0 Å². The highest BCUT2D eigenvalue weighted by Gasteiger charge is 2.28. The number of thiophene rings is 1. The SMILES string of the molecule is CC(C)N(CCC#N)S(=O)(=O)c1ccc(C#N)s1. The lowest BCUT2D eigenvalue weighted by molar-refractivity contribution is 0.361. The van der Waals surface area contributed by atoms with Crippen molar-refractivity contribution in [3.05, 3.63) is 17.0 Å². The Hall–Kier alpha value is -1.41. The summed E-state index contributed by atoms with van der Waals surface area (Å²) < 4.78 is 26.1. The molecule has 5 nitrogen and oxygen atoms in total. The van der Waals surface area contributed by atoms with Gasteiger partial charge in [0.15, 0.2) is 0 Å². The third-order valence-electron chi connectivity index (χ3n) is 2.27. The van der Waals surface area contributed by atoms with Gasteiger partial charge < -0.3 is 0 Å². The van der Waals surface area contributed by atoms with Crippen LogP contribution in [0.1, 0.15) is 25.1 Å². The average Bonchev–Trinajstić information content (AvgIpc) is 2.77. The topological polar surface area (TPSA) is 85.0 Å². The van der Waals surface area contributed by atoms with Crippen LogP contribution in [0.2, 0.25) is 0 Å². The Morgan fingerprint density at radius 1 is 1.39 bits per heavy atom. The number of nitrogens with zero attached hydrogens (tertiary/aromatic N) is 3. The molecule has 0 atom stereocenters. The summed E-state index contributed by atoms with van der Waals surface area (Å²) in [4.78, 5) is 0.359.